The average Bonchev–Trinajstić information content (AvgIpc) is 2.89. The Labute approximate surface area is 124 Å². The summed E-state index contributed by atoms with van der Waals surface area (Å²) in [5.74, 6) is -0.811. The van der Waals surface area contributed by atoms with Gasteiger partial charge in [-0.1, -0.05) is 13.8 Å². The zero-order valence-electron chi connectivity index (χ0n) is 12.9. The summed E-state index contributed by atoms with van der Waals surface area (Å²) in [5, 5.41) is 13.8. The van der Waals surface area contributed by atoms with E-state index in [4.69, 9.17) is 0 Å². The van der Waals surface area contributed by atoms with Gasteiger partial charge in [0.1, 0.15) is 11.7 Å². The van der Waals surface area contributed by atoms with E-state index < -0.39 is 12.0 Å². The zero-order chi connectivity index (χ0) is 15.6. The molecular weight excluding hydrogens is 270 g/mol. The highest BCUT2D eigenvalue weighted by Gasteiger charge is 2.36. The first kappa shape index (κ1) is 15.5. The molecule has 1 amide bonds. The molecule has 1 N–H and O–H groups in total. The normalized spacial score (nSPS) is 22.3. The first-order valence-electron chi connectivity index (χ1n) is 7.58. The molecule has 2 rings (SSSR count). The molecule has 0 radical (unpaired) electrons. The molecule has 0 bridgehead atoms. The number of carbonyl (C=O) groups excluding carboxylic acids is 1. The molecule has 1 aromatic heterocycles. The molecule has 21 heavy (non-hydrogen) atoms. The number of nitrogens with zero attached hydrogens (tertiary/aromatic N) is 3. The quantitative estimate of drug-likeness (QED) is 0.918. The molecule has 0 saturated carbocycles. The molecule has 0 aliphatic carbocycles. The molecule has 0 aromatic carbocycles. The van der Waals surface area contributed by atoms with Crippen LogP contribution in [0.2, 0.25) is 0 Å². The van der Waals surface area contributed by atoms with Crippen molar-refractivity contribution in [1.29, 1.82) is 0 Å². The standard InChI is InChI=1S/C15H23N3O3/c1-4-11-9-12(18(5-2)16-11)14(19)17-7-6-10(3)8-13(17)15(20)21/h9-10,13H,4-8H2,1-3H3,(H,20,21). The lowest BCUT2D eigenvalue weighted by Crippen LogP contribution is -2.50. The van der Waals surface area contributed by atoms with Crippen molar-refractivity contribution in [1.82, 2.24) is 14.7 Å². The van der Waals surface area contributed by atoms with Crippen LogP contribution in [-0.4, -0.2) is 44.3 Å². The summed E-state index contributed by atoms with van der Waals surface area (Å²) in [5.41, 5.74) is 1.35. The molecule has 1 saturated heterocycles. The molecule has 1 fully saturated rings. The second-order valence-electron chi connectivity index (χ2n) is 5.67. The minimum Gasteiger partial charge on any atom is -0.480 e. The second-order valence-corrected chi connectivity index (χ2v) is 5.67. The zero-order valence-corrected chi connectivity index (χ0v) is 12.9. The number of piperidine rings is 1. The summed E-state index contributed by atoms with van der Waals surface area (Å²) >= 11 is 0. The highest BCUT2D eigenvalue weighted by molar-refractivity contribution is 5.95. The Bertz CT molecular complexity index is 538. The van der Waals surface area contributed by atoms with E-state index in [1.165, 1.54) is 4.90 Å². The lowest BCUT2D eigenvalue weighted by atomic mass is 9.92. The lowest BCUT2D eigenvalue weighted by molar-refractivity contribution is -0.144. The Morgan fingerprint density at radius 2 is 2.14 bits per heavy atom. The highest BCUT2D eigenvalue weighted by atomic mass is 16.4. The third kappa shape index (κ3) is 3.09. The van der Waals surface area contributed by atoms with E-state index in [1.54, 1.807) is 10.7 Å². The number of hydrogen-bond donors (Lipinski definition) is 1. The van der Waals surface area contributed by atoms with Gasteiger partial charge in [-0.25, -0.2) is 4.79 Å². The molecule has 6 nitrogen and oxygen atoms in total. The van der Waals surface area contributed by atoms with Crippen LogP contribution in [0.4, 0.5) is 0 Å². The molecule has 1 aromatic rings. The maximum absolute atomic E-state index is 12.7. The van der Waals surface area contributed by atoms with Crippen molar-refractivity contribution in [2.24, 2.45) is 5.92 Å². The van der Waals surface area contributed by atoms with Gasteiger partial charge in [0, 0.05) is 13.1 Å². The van der Waals surface area contributed by atoms with Gasteiger partial charge in [-0.3, -0.25) is 9.48 Å². The van der Waals surface area contributed by atoms with E-state index in [0.717, 1.165) is 18.5 Å². The number of likely N-dealkylation sites (tertiary alicyclic amines) is 1. The fourth-order valence-corrected chi connectivity index (χ4v) is 2.82. The van der Waals surface area contributed by atoms with Crippen molar-refractivity contribution < 1.29 is 14.7 Å². The minimum absolute atomic E-state index is 0.219. The number of carboxylic acids is 1. The van der Waals surface area contributed by atoms with Crippen molar-refractivity contribution in [3.63, 3.8) is 0 Å². The Morgan fingerprint density at radius 1 is 1.43 bits per heavy atom. The van der Waals surface area contributed by atoms with Crippen molar-refractivity contribution in [2.45, 2.75) is 52.6 Å². The summed E-state index contributed by atoms with van der Waals surface area (Å²) in [6.07, 6.45) is 2.12. The molecule has 2 atom stereocenters. The van der Waals surface area contributed by atoms with Crippen LogP contribution >= 0.6 is 0 Å². The fourth-order valence-electron chi connectivity index (χ4n) is 2.82. The first-order valence-corrected chi connectivity index (χ1v) is 7.58. The number of amides is 1. The van der Waals surface area contributed by atoms with Crippen LogP contribution in [0.5, 0.6) is 0 Å². The van der Waals surface area contributed by atoms with Gasteiger partial charge < -0.3 is 10.0 Å². The van der Waals surface area contributed by atoms with Gasteiger partial charge in [0.25, 0.3) is 5.91 Å². The van der Waals surface area contributed by atoms with Gasteiger partial charge in [0.15, 0.2) is 0 Å². The van der Waals surface area contributed by atoms with Crippen molar-refractivity contribution >= 4 is 11.9 Å². The van der Waals surface area contributed by atoms with Crippen LogP contribution < -0.4 is 0 Å². The third-order valence-corrected chi connectivity index (χ3v) is 4.12. The molecule has 2 unspecified atom stereocenters. The number of rotatable bonds is 4. The minimum atomic E-state index is -0.923. The number of carbonyl (C=O) groups is 2. The maximum Gasteiger partial charge on any atom is 0.326 e. The fraction of sp³-hybridized carbons (Fsp3) is 0.667. The monoisotopic (exact) mass is 293 g/mol. The Morgan fingerprint density at radius 3 is 2.71 bits per heavy atom. The van der Waals surface area contributed by atoms with Crippen LogP contribution in [0.1, 0.15) is 49.8 Å². The van der Waals surface area contributed by atoms with Crippen LogP contribution in [0, 0.1) is 5.92 Å². The summed E-state index contributed by atoms with van der Waals surface area (Å²) in [6, 6.07) is 1.05. The maximum atomic E-state index is 12.7. The van der Waals surface area contributed by atoms with E-state index in [2.05, 4.69) is 5.10 Å². The highest BCUT2D eigenvalue weighted by Crippen LogP contribution is 2.24. The smallest absolute Gasteiger partial charge is 0.326 e. The van der Waals surface area contributed by atoms with Crippen molar-refractivity contribution in [3.05, 3.63) is 17.5 Å². The lowest BCUT2D eigenvalue weighted by Gasteiger charge is -2.35. The number of carboxylic acid groups (broad SMARTS) is 1. The molecule has 0 spiro atoms. The Hall–Kier alpha value is -1.85. The SMILES string of the molecule is CCc1cc(C(=O)N2CCC(C)CC2C(=O)O)n(CC)n1. The van der Waals surface area contributed by atoms with Gasteiger partial charge in [-0.2, -0.15) is 5.10 Å². The van der Waals surface area contributed by atoms with E-state index in [0.29, 0.717) is 31.1 Å². The summed E-state index contributed by atoms with van der Waals surface area (Å²) in [4.78, 5) is 25.7. The van der Waals surface area contributed by atoms with Crippen LogP contribution in [0.15, 0.2) is 6.07 Å². The van der Waals surface area contributed by atoms with Crippen LogP contribution in [0.25, 0.3) is 0 Å². The van der Waals surface area contributed by atoms with Gasteiger partial charge in [-0.05, 0) is 38.2 Å². The Kier molecular flexibility index (Phi) is 4.65. The number of aromatic nitrogens is 2. The van der Waals surface area contributed by atoms with Gasteiger partial charge in [0.2, 0.25) is 0 Å². The molecular formula is C15H23N3O3. The van der Waals surface area contributed by atoms with E-state index in [9.17, 15) is 14.7 Å². The molecule has 2 heterocycles. The largest absolute Gasteiger partial charge is 0.480 e. The van der Waals surface area contributed by atoms with Crippen molar-refractivity contribution in [2.75, 3.05) is 6.54 Å². The van der Waals surface area contributed by atoms with Gasteiger partial charge in [0.05, 0.1) is 5.69 Å². The Balaban J connectivity index is 2.29. The molecule has 116 valence electrons. The number of aliphatic carboxylic acids is 1. The summed E-state index contributed by atoms with van der Waals surface area (Å²) < 4.78 is 1.66. The van der Waals surface area contributed by atoms with E-state index >= 15 is 0 Å². The predicted molar refractivity (Wildman–Crippen MR) is 78.1 cm³/mol. The topological polar surface area (TPSA) is 75.4 Å². The summed E-state index contributed by atoms with van der Waals surface area (Å²) in [7, 11) is 0. The predicted octanol–water partition coefficient (Wildman–Crippen LogP) is 1.79. The molecule has 1 aliphatic heterocycles. The molecule has 1 aliphatic rings. The molecule has 6 heteroatoms. The summed E-state index contributed by atoms with van der Waals surface area (Å²) in [6.45, 7) is 7.04. The third-order valence-electron chi connectivity index (χ3n) is 4.12. The first-order chi connectivity index (χ1) is 9.97. The van der Waals surface area contributed by atoms with Crippen LogP contribution in [-0.2, 0) is 17.8 Å². The van der Waals surface area contributed by atoms with E-state index in [1.807, 2.05) is 20.8 Å². The number of aryl methyl sites for hydroxylation is 2. The number of hydrogen-bond acceptors (Lipinski definition) is 3. The van der Waals surface area contributed by atoms with E-state index in [-0.39, 0.29) is 5.91 Å². The van der Waals surface area contributed by atoms with Crippen molar-refractivity contribution in [3.8, 4) is 0 Å². The van der Waals surface area contributed by atoms with Gasteiger partial charge in [-0.15, -0.1) is 0 Å². The van der Waals surface area contributed by atoms with Gasteiger partial charge >= 0.3 is 5.97 Å². The van der Waals surface area contributed by atoms with Crippen LogP contribution in [0.3, 0.4) is 0 Å². The average molecular weight is 293 g/mol. The second kappa shape index (κ2) is 6.28.